The van der Waals surface area contributed by atoms with E-state index in [9.17, 15) is 14.9 Å². The van der Waals surface area contributed by atoms with E-state index in [2.05, 4.69) is 30.2 Å². The van der Waals surface area contributed by atoms with Crippen LogP contribution >= 0.6 is 0 Å². The van der Waals surface area contributed by atoms with Crippen molar-refractivity contribution in [2.75, 3.05) is 6.54 Å². The predicted molar refractivity (Wildman–Crippen MR) is 92.4 cm³/mol. The van der Waals surface area contributed by atoms with Crippen molar-refractivity contribution in [1.29, 1.82) is 0 Å². The number of aryl methyl sites for hydroxylation is 1. The molecule has 0 atom stereocenters. The monoisotopic (exact) mass is 368 g/mol. The van der Waals surface area contributed by atoms with Crippen molar-refractivity contribution in [2.45, 2.75) is 25.8 Å². The Morgan fingerprint density at radius 3 is 3.00 bits per heavy atom. The molecule has 27 heavy (non-hydrogen) atoms. The first kappa shape index (κ1) is 16.8. The maximum absolute atomic E-state index is 12.4. The molecular formula is C16H16N8O3. The topological polar surface area (TPSA) is 134 Å². The van der Waals surface area contributed by atoms with Gasteiger partial charge >= 0.3 is 0 Å². The van der Waals surface area contributed by atoms with E-state index >= 15 is 0 Å². The predicted octanol–water partition coefficient (Wildman–Crippen LogP) is 0.686. The van der Waals surface area contributed by atoms with Crippen LogP contribution in [0.3, 0.4) is 0 Å². The average molecular weight is 368 g/mol. The number of rotatable bonds is 6. The quantitative estimate of drug-likeness (QED) is 0.499. The molecule has 0 aliphatic carbocycles. The first-order chi connectivity index (χ1) is 13.1. The second-order valence-corrected chi connectivity index (χ2v) is 6.09. The van der Waals surface area contributed by atoms with Crippen LogP contribution in [0.25, 0.3) is 5.69 Å². The fourth-order valence-electron chi connectivity index (χ4n) is 3.12. The maximum atomic E-state index is 12.4. The van der Waals surface area contributed by atoms with Crippen molar-refractivity contribution < 1.29 is 9.72 Å². The van der Waals surface area contributed by atoms with Crippen LogP contribution in [0.15, 0.2) is 30.9 Å². The first-order valence-corrected chi connectivity index (χ1v) is 8.46. The number of amides is 1. The van der Waals surface area contributed by atoms with E-state index in [-0.39, 0.29) is 22.8 Å². The van der Waals surface area contributed by atoms with Crippen molar-refractivity contribution in [2.24, 2.45) is 0 Å². The minimum Gasteiger partial charge on any atom is -0.352 e. The molecule has 1 aliphatic rings. The number of aromatic nitrogens is 6. The lowest BCUT2D eigenvalue weighted by molar-refractivity contribution is -0.384. The normalized spacial score (nSPS) is 12.7. The molecule has 1 amide bonds. The molecule has 1 aliphatic heterocycles. The third-order valence-electron chi connectivity index (χ3n) is 4.42. The van der Waals surface area contributed by atoms with E-state index in [4.69, 9.17) is 0 Å². The highest BCUT2D eigenvalue weighted by molar-refractivity contribution is 5.95. The summed E-state index contributed by atoms with van der Waals surface area (Å²) in [7, 11) is 0. The van der Waals surface area contributed by atoms with E-state index in [1.54, 1.807) is 0 Å². The molecule has 11 heteroatoms. The summed E-state index contributed by atoms with van der Waals surface area (Å²) in [6, 6.07) is 4.24. The molecule has 0 spiro atoms. The highest BCUT2D eigenvalue weighted by Crippen LogP contribution is 2.23. The van der Waals surface area contributed by atoms with Gasteiger partial charge in [0.2, 0.25) is 0 Å². The molecule has 3 aromatic rings. The number of nitrogens with one attached hydrogen (secondary N) is 1. The number of nitro groups is 1. The molecule has 0 bridgehead atoms. The summed E-state index contributed by atoms with van der Waals surface area (Å²) in [5.41, 5.74) is 0.230. The minimum atomic E-state index is -0.548. The number of hydrogen-bond donors (Lipinski definition) is 1. The van der Waals surface area contributed by atoms with Crippen LogP contribution in [0.2, 0.25) is 0 Å². The van der Waals surface area contributed by atoms with Crippen LogP contribution in [0, 0.1) is 10.1 Å². The highest BCUT2D eigenvalue weighted by atomic mass is 16.6. The van der Waals surface area contributed by atoms with Crippen LogP contribution in [0.1, 0.15) is 28.4 Å². The van der Waals surface area contributed by atoms with Crippen molar-refractivity contribution in [1.82, 2.24) is 34.8 Å². The molecule has 4 rings (SSSR count). The fraction of sp³-hybridized carbons (Fsp3) is 0.312. The van der Waals surface area contributed by atoms with Gasteiger partial charge in [-0.1, -0.05) is 0 Å². The first-order valence-electron chi connectivity index (χ1n) is 8.46. The lowest BCUT2D eigenvalue weighted by Gasteiger charge is -2.07. The van der Waals surface area contributed by atoms with Gasteiger partial charge in [-0.15, -0.1) is 10.2 Å². The molecule has 0 fully saturated rings. The van der Waals surface area contributed by atoms with Crippen LogP contribution in [0.4, 0.5) is 5.69 Å². The number of fused-ring (bicyclic) bond motifs is 1. The van der Waals surface area contributed by atoms with Crippen molar-refractivity contribution >= 4 is 11.6 Å². The molecule has 2 aromatic heterocycles. The number of nitrogens with zero attached hydrogens (tertiary/aromatic N) is 7. The highest BCUT2D eigenvalue weighted by Gasteiger charge is 2.20. The van der Waals surface area contributed by atoms with Gasteiger partial charge in [0, 0.05) is 37.6 Å². The summed E-state index contributed by atoms with van der Waals surface area (Å²) in [4.78, 5) is 27.0. The largest absolute Gasteiger partial charge is 0.352 e. The summed E-state index contributed by atoms with van der Waals surface area (Å²) >= 11 is 0. The summed E-state index contributed by atoms with van der Waals surface area (Å²) < 4.78 is 3.36. The zero-order valence-electron chi connectivity index (χ0n) is 14.3. The number of hydrogen-bond acceptors (Lipinski definition) is 7. The molecule has 0 radical (unpaired) electrons. The van der Waals surface area contributed by atoms with Crippen LogP contribution in [0.5, 0.6) is 0 Å². The summed E-state index contributed by atoms with van der Waals surface area (Å²) in [5, 5.41) is 26.3. The van der Waals surface area contributed by atoms with Crippen LogP contribution in [-0.2, 0) is 19.4 Å². The van der Waals surface area contributed by atoms with Gasteiger partial charge in [0.05, 0.1) is 4.92 Å². The van der Waals surface area contributed by atoms with Gasteiger partial charge in [-0.2, -0.15) is 5.10 Å². The zero-order valence-corrected chi connectivity index (χ0v) is 14.3. The second kappa shape index (κ2) is 6.94. The number of carbonyl (C=O) groups is 1. The van der Waals surface area contributed by atoms with Gasteiger partial charge in [-0.05, 0) is 18.6 Å². The van der Waals surface area contributed by atoms with Gasteiger partial charge in [0.15, 0.2) is 0 Å². The Morgan fingerprint density at radius 1 is 1.33 bits per heavy atom. The van der Waals surface area contributed by atoms with Gasteiger partial charge < -0.3 is 9.88 Å². The number of benzene rings is 1. The molecule has 1 aromatic carbocycles. The third-order valence-corrected chi connectivity index (χ3v) is 4.42. The van der Waals surface area contributed by atoms with Crippen molar-refractivity contribution in [3.05, 3.63) is 58.2 Å². The molecule has 138 valence electrons. The Bertz CT molecular complexity index is 995. The molecule has 1 N–H and O–H groups in total. The Balaban J connectivity index is 1.45. The Morgan fingerprint density at radius 2 is 2.22 bits per heavy atom. The number of nitro benzene ring substituents is 1. The van der Waals surface area contributed by atoms with E-state index in [1.165, 1.54) is 35.5 Å². The summed E-state index contributed by atoms with van der Waals surface area (Å²) in [5.74, 6) is 1.44. The Hall–Kier alpha value is -3.63. The van der Waals surface area contributed by atoms with Crippen LogP contribution < -0.4 is 5.32 Å². The molecule has 11 nitrogen and oxygen atoms in total. The van der Waals surface area contributed by atoms with Gasteiger partial charge in [-0.3, -0.25) is 14.9 Å². The maximum Gasteiger partial charge on any atom is 0.295 e. The van der Waals surface area contributed by atoms with E-state index in [1.807, 2.05) is 0 Å². The van der Waals surface area contributed by atoms with Crippen molar-refractivity contribution in [3.63, 3.8) is 0 Å². The lowest BCUT2D eigenvalue weighted by atomic mass is 10.1. The standard InChI is InChI=1S/C16H16N8O3/c25-16(18-6-5-15-21-20-14-2-1-7-22(14)15)11-3-4-12(13(8-11)24(26)27)23-10-17-9-19-23/h3-4,8-10H,1-2,5-7H2,(H,18,25). The van der Waals surface area contributed by atoms with E-state index < -0.39 is 4.92 Å². The second-order valence-electron chi connectivity index (χ2n) is 6.09. The Kier molecular flexibility index (Phi) is 4.32. The molecule has 0 saturated carbocycles. The van der Waals surface area contributed by atoms with Gasteiger partial charge in [0.1, 0.15) is 30.0 Å². The third kappa shape index (κ3) is 3.26. The smallest absolute Gasteiger partial charge is 0.295 e. The summed E-state index contributed by atoms with van der Waals surface area (Å²) in [6.07, 6.45) is 5.19. The molecule has 0 saturated heterocycles. The zero-order chi connectivity index (χ0) is 18.8. The van der Waals surface area contributed by atoms with Gasteiger partial charge in [-0.25, -0.2) is 9.67 Å². The minimum absolute atomic E-state index is 0.206. The molecule has 0 unspecified atom stereocenters. The van der Waals surface area contributed by atoms with Gasteiger partial charge in [0.25, 0.3) is 11.6 Å². The van der Waals surface area contributed by atoms with Crippen molar-refractivity contribution in [3.8, 4) is 5.69 Å². The van der Waals surface area contributed by atoms with E-state index in [0.29, 0.717) is 13.0 Å². The summed E-state index contributed by atoms with van der Waals surface area (Å²) in [6.45, 7) is 1.27. The Labute approximate surface area is 153 Å². The number of carbonyl (C=O) groups excluding carboxylic acids is 1. The fourth-order valence-corrected chi connectivity index (χ4v) is 3.12. The van der Waals surface area contributed by atoms with E-state index in [0.717, 1.165) is 31.0 Å². The molecular weight excluding hydrogens is 352 g/mol. The van der Waals surface area contributed by atoms with Crippen LogP contribution in [-0.4, -0.2) is 46.9 Å². The molecule has 3 heterocycles. The average Bonchev–Trinajstić information content (AvgIpc) is 3.40. The SMILES string of the molecule is O=C(NCCc1nnc2n1CCC2)c1ccc(-n2cncn2)c([N+](=O)[O-])c1. The lowest BCUT2D eigenvalue weighted by Crippen LogP contribution is -2.26.